The van der Waals surface area contributed by atoms with Crippen LogP contribution in [0.5, 0.6) is 11.5 Å². The number of carbonyl (C=O) groups is 1. The topological polar surface area (TPSA) is 50.8 Å². The predicted molar refractivity (Wildman–Crippen MR) is 77.2 cm³/mol. The number of amides is 1. The van der Waals surface area contributed by atoms with Crippen molar-refractivity contribution in [2.45, 2.75) is 18.9 Å². The third-order valence-corrected chi connectivity index (χ3v) is 3.28. The molecule has 1 unspecified atom stereocenters. The fraction of sp³-hybridized carbons (Fsp3) is 0.533. The molecule has 1 aliphatic rings. The highest BCUT2D eigenvalue weighted by Crippen LogP contribution is 2.34. The Labute approximate surface area is 119 Å². The second kappa shape index (κ2) is 6.61. The Bertz CT molecular complexity index is 474. The molecule has 2 rings (SSSR count). The molecular formula is C15H22N2O3. The number of rotatable bonds is 4. The van der Waals surface area contributed by atoms with E-state index < -0.39 is 0 Å². The zero-order chi connectivity index (χ0) is 14.5. The number of hydrogen-bond acceptors (Lipinski definition) is 4. The van der Waals surface area contributed by atoms with E-state index >= 15 is 0 Å². The molecule has 1 aromatic carbocycles. The van der Waals surface area contributed by atoms with Crippen LogP contribution in [0.4, 0.5) is 0 Å². The normalized spacial score (nSPS) is 17.9. The first-order chi connectivity index (χ1) is 9.60. The molecule has 1 amide bonds. The van der Waals surface area contributed by atoms with E-state index in [1.165, 1.54) is 0 Å². The molecule has 110 valence electrons. The van der Waals surface area contributed by atoms with Crippen LogP contribution in [0.3, 0.4) is 0 Å². The maximum atomic E-state index is 12.0. The van der Waals surface area contributed by atoms with E-state index in [0.29, 0.717) is 13.2 Å². The van der Waals surface area contributed by atoms with Gasteiger partial charge in [-0.25, -0.2) is 0 Å². The summed E-state index contributed by atoms with van der Waals surface area (Å²) in [6, 6.07) is 5.71. The number of fused-ring (bicyclic) bond motifs is 1. The summed E-state index contributed by atoms with van der Waals surface area (Å²) in [5.74, 6) is 1.63. The minimum absolute atomic E-state index is 0.0185. The Morgan fingerprint density at radius 2 is 2.30 bits per heavy atom. The third kappa shape index (κ3) is 3.63. The highest BCUT2D eigenvalue weighted by molar-refractivity contribution is 5.78. The number of likely N-dealkylation sites (N-methyl/N-ethyl adjacent to an activating group) is 1. The molecule has 1 N–H and O–H groups in total. The minimum Gasteiger partial charge on any atom is -0.497 e. The first-order valence-electron chi connectivity index (χ1n) is 6.85. The number of carbonyl (C=O) groups excluding carboxylic acids is 1. The molecule has 0 aliphatic carbocycles. The first-order valence-corrected chi connectivity index (χ1v) is 6.85. The molecule has 1 atom stereocenters. The smallest absolute Gasteiger partial charge is 0.234 e. The maximum absolute atomic E-state index is 12.0. The Kier molecular flexibility index (Phi) is 4.84. The lowest BCUT2D eigenvalue weighted by Crippen LogP contribution is -2.35. The molecule has 0 radical (unpaired) electrons. The molecule has 0 bridgehead atoms. The van der Waals surface area contributed by atoms with Crippen LogP contribution in [-0.4, -0.2) is 45.2 Å². The van der Waals surface area contributed by atoms with Crippen LogP contribution in [0.2, 0.25) is 0 Å². The second-order valence-corrected chi connectivity index (χ2v) is 5.25. The fourth-order valence-electron chi connectivity index (χ4n) is 2.36. The van der Waals surface area contributed by atoms with E-state index in [1.54, 1.807) is 7.11 Å². The number of ether oxygens (including phenoxy) is 2. The van der Waals surface area contributed by atoms with Crippen molar-refractivity contribution in [1.82, 2.24) is 10.2 Å². The lowest BCUT2D eigenvalue weighted by Gasteiger charge is -2.20. The Morgan fingerprint density at radius 3 is 3.00 bits per heavy atom. The van der Waals surface area contributed by atoms with Crippen molar-refractivity contribution >= 4 is 5.91 Å². The highest BCUT2D eigenvalue weighted by Gasteiger charge is 2.22. The van der Waals surface area contributed by atoms with Gasteiger partial charge in [0, 0.05) is 5.56 Å². The van der Waals surface area contributed by atoms with E-state index in [2.05, 4.69) is 5.32 Å². The van der Waals surface area contributed by atoms with Crippen molar-refractivity contribution in [3.05, 3.63) is 23.8 Å². The van der Waals surface area contributed by atoms with Crippen molar-refractivity contribution in [2.24, 2.45) is 0 Å². The summed E-state index contributed by atoms with van der Waals surface area (Å²) in [4.78, 5) is 13.8. The lowest BCUT2D eigenvalue weighted by atomic mass is 10.0. The van der Waals surface area contributed by atoms with Gasteiger partial charge in [-0.15, -0.1) is 0 Å². The van der Waals surface area contributed by atoms with Gasteiger partial charge in [-0.1, -0.05) is 0 Å². The van der Waals surface area contributed by atoms with Crippen LogP contribution in [0.25, 0.3) is 0 Å². The lowest BCUT2D eigenvalue weighted by molar-refractivity contribution is -0.122. The molecule has 1 aliphatic heterocycles. The van der Waals surface area contributed by atoms with Gasteiger partial charge in [0.25, 0.3) is 0 Å². The van der Waals surface area contributed by atoms with Gasteiger partial charge in [0.15, 0.2) is 0 Å². The average molecular weight is 278 g/mol. The van der Waals surface area contributed by atoms with E-state index in [1.807, 2.05) is 37.2 Å². The zero-order valence-corrected chi connectivity index (χ0v) is 12.3. The molecule has 0 saturated carbocycles. The van der Waals surface area contributed by atoms with Gasteiger partial charge in [-0.3, -0.25) is 4.79 Å². The first kappa shape index (κ1) is 14.7. The molecule has 0 saturated heterocycles. The maximum Gasteiger partial charge on any atom is 0.234 e. The molecule has 0 spiro atoms. The average Bonchev–Trinajstić information content (AvgIpc) is 2.60. The predicted octanol–water partition coefficient (Wildman–Crippen LogP) is 1.59. The standard InChI is InChI=1S/C15H22N2O3/c1-17(2)10-15(18)16-13-5-4-8-20-14-7-6-11(19-3)9-12(13)14/h6-7,9,13H,4-5,8,10H2,1-3H3,(H,16,18). The van der Waals surface area contributed by atoms with Crippen LogP contribution in [0, 0.1) is 0 Å². The fourth-order valence-corrected chi connectivity index (χ4v) is 2.36. The molecule has 5 nitrogen and oxygen atoms in total. The van der Waals surface area contributed by atoms with Crippen molar-refractivity contribution in [1.29, 1.82) is 0 Å². The molecule has 0 aromatic heterocycles. The zero-order valence-electron chi connectivity index (χ0n) is 12.3. The van der Waals surface area contributed by atoms with Gasteiger partial charge in [-0.2, -0.15) is 0 Å². The van der Waals surface area contributed by atoms with Gasteiger partial charge in [-0.05, 0) is 45.1 Å². The molecule has 1 aromatic rings. The van der Waals surface area contributed by atoms with E-state index in [4.69, 9.17) is 9.47 Å². The van der Waals surface area contributed by atoms with E-state index in [9.17, 15) is 4.79 Å². The molecule has 1 heterocycles. The third-order valence-electron chi connectivity index (χ3n) is 3.28. The van der Waals surface area contributed by atoms with Crippen molar-refractivity contribution in [3.63, 3.8) is 0 Å². The summed E-state index contributed by atoms with van der Waals surface area (Å²) in [5, 5.41) is 3.08. The minimum atomic E-state index is -0.0185. The summed E-state index contributed by atoms with van der Waals surface area (Å²) in [7, 11) is 5.40. The van der Waals surface area contributed by atoms with Crippen molar-refractivity contribution in [2.75, 3.05) is 34.4 Å². The summed E-state index contributed by atoms with van der Waals surface area (Å²) >= 11 is 0. The van der Waals surface area contributed by atoms with Gasteiger partial charge >= 0.3 is 0 Å². The van der Waals surface area contributed by atoms with E-state index in [0.717, 1.165) is 29.9 Å². The van der Waals surface area contributed by atoms with Gasteiger partial charge in [0.2, 0.25) is 5.91 Å². The molecule has 20 heavy (non-hydrogen) atoms. The number of methoxy groups -OCH3 is 1. The second-order valence-electron chi connectivity index (χ2n) is 5.25. The van der Waals surface area contributed by atoms with Crippen molar-refractivity contribution < 1.29 is 14.3 Å². The quantitative estimate of drug-likeness (QED) is 0.908. The Balaban J connectivity index is 2.19. The summed E-state index contributed by atoms with van der Waals surface area (Å²) in [6.45, 7) is 1.07. The monoisotopic (exact) mass is 278 g/mol. The molecular weight excluding hydrogens is 256 g/mol. The number of benzene rings is 1. The Morgan fingerprint density at radius 1 is 1.50 bits per heavy atom. The van der Waals surface area contributed by atoms with E-state index in [-0.39, 0.29) is 11.9 Å². The SMILES string of the molecule is COc1ccc2c(c1)C(NC(=O)CN(C)C)CCCO2. The van der Waals surface area contributed by atoms with Crippen LogP contribution in [0.1, 0.15) is 24.4 Å². The van der Waals surface area contributed by atoms with Crippen LogP contribution >= 0.6 is 0 Å². The van der Waals surface area contributed by atoms with Gasteiger partial charge in [0.1, 0.15) is 11.5 Å². The number of hydrogen-bond donors (Lipinski definition) is 1. The van der Waals surface area contributed by atoms with Crippen LogP contribution in [0.15, 0.2) is 18.2 Å². The van der Waals surface area contributed by atoms with Crippen molar-refractivity contribution in [3.8, 4) is 11.5 Å². The summed E-state index contributed by atoms with van der Waals surface area (Å²) in [5.41, 5.74) is 0.994. The highest BCUT2D eigenvalue weighted by atomic mass is 16.5. The van der Waals surface area contributed by atoms with Crippen LogP contribution < -0.4 is 14.8 Å². The summed E-state index contributed by atoms with van der Waals surface area (Å²) < 4.78 is 11.0. The Hall–Kier alpha value is -1.75. The summed E-state index contributed by atoms with van der Waals surface area (Å²) in [6.07, 6.45) is 1.79. The van der Waals surface area contributed by atoms with Crippen LogP contribution in [-0.2, 0) is 4.79 Å². The molecule has 0 fully saturated rings. The molecule has 5 heteroatoms. The largest absolute Gasteiger partial charge is 0.497 e. The van der Waals surface area contributed by atoms with Gasteiger partial charge in [0.05, 0.1) is 26.3 Å². The van der Waals surface area contributed by atoms with Gasteiger partial charge < -0.3 is 19.7 Å². The number of nitrogens with one attached hydrogen (secondary N) is 1. The number of nitrogens with zero attached hydrogens (tertiary/aromatic N) is 1.